The van der Waals surface area contributed by atoms with Crippen molar-refractivity contribution >= 4 is 29.9 Å². The van der Waals surface area contributed by atoms with E-state index >= 15 is 0 Å². The number of aliphatic imine (C=N–C) groups is 1. The van der Waals surface area contributed by atoms with Gasteiger partial charge in [0.15, 0.2) is 5.96 Å². The molecular weight excluding hydrogens is 353 g/mol. The zero-order valence-electron chi connectivity index (χ0n) is 11.7. The van der Waals surface area contributed by atoms with Gasteiger partial charge in [-0.15, -0.1) is 30.6 Å². The molecule has 0 atom stereocenters. The van der Waals surface area contributed by atoms with Gasteiger partial charge < -0.3 is 10.2 Å². The van der Waals surface area contributed by atoms with Gasteiger partial charge in [0.1, 0.15) is 0 Å². The molecule has 0 saturated carbocycles. The molecule has 0 aliphatic heterocycles. The van der Waals surface area contributed by atoms with Gasteiger partial charge in [-0.25, -0.2) is 4.99 Å². The normalized spacial score (nSPS) is 10.7. The van der Waals surface area contributed by atoms with E-state index in [1.165, 1.54) is 0 Å². The second kappa shape index (κ2) is 10.8. The lowest BCUT2D eigenvalue weighted by molar-refractivity contribution is 0.470. The molecule has 19 heavy (non-hydrogen) atoms. The summed E-state index contributed by atoms with van der Waals surface area (Å²) in [5.74, 6) is 0.927. The van der Waals surface area contributed by atoms with Crippen LogP contribution >= 0.6 is 24.0 Å². The molecule has 1 rings (SSSR count). The first-order chi connectivity index (χ1) is 8.77. The van der Waals surface area contributed by atoms with E-state index in [0.717, 1.165) is 37.6 Å². The largest absolute Gasteiger partial charge is 0.357 e. The van der Waals surface area contributed by atoms with Gasteiger partial charge in [0, 0.05) is 26.3 Å². The molecule has 0 bridgehead atoms. The Hall–Kier alpha value is -1.05. The second-order valence-electron chi connectivity index (χ2n) is 4.10. The number of aromatic amines is 1. The van der Waals surface area contributed by atoms with E-state index in [0.29, 0.717) is 6.54 Å². The lowest BCUT2D eigenvalue weighted by Gasteiger charge is -2.21. The molecule has 0 aliphatic rings. The highest BCUT2D eigenvalue weighted by Crippen LogP contribution is 1.98. The Morgan fingerprint density at radius 3 is 3.00 bits per heavy atom. The maximum atomic E-state index is 4.57. The van der Waals surface area contributed by atoms with Crippen LogP contribution in [-0.2, 0) is 6.54 Å². The molecule has 108 valence electrons. The monoisotopic (exact) mass is 377 g/mol. The Bertz CT molecular complexity index is 361. The number of halogens is 1. The highest BCUT2D eigenvalue weighted by molar-refractivity contribution is 14.0. The van der Waals surface area contributed by atoms with E-state index in [2.05, 4.69) is 46.0 Å². The minimum Gasteiger partial charge on any atom is -0.357 e. The molecule has 2 N–H and O–H groups in total. The number of nitrogens with one attached hydrogen (secondary N) is 2. The van der Waals surface area contributed by atoms with Gasteiger partial charge in [0.05, 0.1) is 12.2 Å². The van der Waals surface area contributed by atoms with Gasteiger partial charge in [-0.2, -0.15) is 5.10 Å². The number of aromatic nitrogens is 2. The lowest BCUT2D eigenvalue weighted by Crippen LogP contribution is -2.39. The maximum Gasteiger partial charge on any atom is 0.194 e. The van der Waals surface area contributed by atoms with Crippen molar-refractivity contribution in [2.24, 2.45) is 4.99 Å². The highest BCUT2D eigenvalue weighted by atomic mass is 127. The molecule has 0 aliphatic carbocycles. The summed E-state index contributed by atoms with van der Waals surface area (Å²) in [5.41, 5.74) is 1.02. The molecule has 0 saturated heterocycles. The summed E-state index contributed by atoms with van der Waals surface area (Å²) in [6.07, 6.45) is 5.81. The molecule has 0 spiro atoms. The third-order valence-corrected chi connectivity index (χ3v) is 2.56. The molecule has 1 heterocycles. The molecule has 0 amide bonds. The Balaban J connectivity index is 0.00000324. The third-order valence-electron chi connectivity index (χ3n) is 2.56. The predicted molar refractivity (Wildman–Crippen MR) is 90.9 cm³/mol. The van der Waals surface area contributed by atoms with Crippen molar-refractivity contribution in [1.82, 2.24) is 20.4 Å². The fraction of sp³-hybridized carbons (Fsp3) is 0.538. The van der Waals surface area contributed by atoms with Crippen LogP contribution in [0.15, 0.2) is 29.9 Å². The summed E-state index contributed by atoms with van der Waals surface area (Å²) >= 11 is 0. The van der Waals surface area contributed by atoms with Gasteiger partial charge in [-0.3, -0.25) is 5.10 Å². The second-order valence-corrected chi connectivity index (χ2v) is 4.10. The SMILES string of the molecule is C=CCCCN(C)C(=NCc1ccn[nH]1)NCC.I. The summed E-state index contributed by atoms with van der Waals surface area (Å²) in [7, 11) is 2.05. The quantitative estimate of drug-likeness (QED) is 0.252. The van der Waals surface area contributed by atoms with Crippen molar-refractivity contribution in [1.29, 1.82) is 0 Å². The van der Waals surface area contributed by atoms with Crippen molar-refractivity contribution in [3.63, 3.8) is 0 Å². The molecule has 0 radical (unpaired) electrons. The molecule has 6 heteroatoms. The predicted octanol–water partition coefficient (Wildman–Crippen LogP) is 2.39. The van der Waals surface area contributed by atoms with E-state index in [-0.39, 0.29) is 24.0 Å². The summed E-state index contributed by atoms with van der Waals surface area (Å²) in [6, 6.07) is 1.94. The van der Waals surface area contributed by atoms with E-state index in [4.69, 9.17) is 0 Å². The van der Waals surface area contributed by atoms with Gasteiger partial charge in [0.2, 0.25) is 0 Å². The Labute approximate surface area is 132 Å². The van der Waals surface area contributed by atoms with E-state index in [1.54, 1.807) is 6.20 Å². The average molecular weight is 377 g/mol. The number of nitrogens with zero attached hydrogens (tertiary/aromatic N) is 3. The number of allylic oxidation sites excluding steroid dienone is 1. The maximum absolute atomic E-state index is 4.57. The van der Waals surface area contributed by atoms with Crippen molar-refractivity contribution < 1.29 is 0 Å². The molecule has 1 aromatic heterocycles. The minimum atomic E-state index is 0. The standard InChI is InChI=1S/C13H23N5.HI/c1-4-6-7-10-18(3)13(14-5-2)15-11-12-8-9-16-17-12;/h4,8-9H,1,5-7,10-11H2,2-3H3,(H,14,15)(H,16,17);1H. The van der Waals surface area contributed by atoms with E-state index < -0.39 is 0 Å². The third kappa shape index (κ3) is 7.19. The Morgan fingerprint density at radius 1 is 1.63 bits per heavy atom. The smallest absolute Gasteiger partial charge is 0.194 e. The number of H-pyrrole nitrogens is 1. The summed E-state index contributed by atoms with van der Waals surface area (Å²) in [6.45, 7) is 8.27. The van der Waals surface area contributed by atoms with Gasteiger partial charge in [-0.05, 0) is 25.8 Å². The van der Waals surface area contributed by atoms with Gasteiger partial charge in [0.25, 0.3) is 0 Å². The molecule has 1 aromatic rings. The van der Waals surface area contributed by atoms with Crippen LogP contribution in [0, 0.1) is 0 Å². The fourth-order valence-electron chi connectivity index (χ4n) is 1.58. The van der Waals surface area contributed by atoms with Crippen LogP contribution in [0.3, 0.4) is 0 Å². The fourth-order valence-corrected chi connectivity index (χ4v) is 1.58. The van der Waals surface area contributed by atoms with Crippen LogP contribution in [0.1, 0.15) is 25.5 Å². The summed E-state index contributed by atoms with van der Waals surface area (Å²) in [5, 5.41) is 10.1. The number of guanidine groups is 1. The van der Waals surface area contributed by atoms with Crippen LogP contribution < -0.4 is 5.32 Å². The molecule has 0 fully saturated rings. The van der Waals surface area contributed by atoms with E-state index in [1.807, 2.05) is 12.1 Å². The number of unbranched alkanes of at least 4 members (excludes halogenated alkanes) is 1. The highest BCUT2D eigenvalue weighted by Gasteiger charge is 2.04. The van der Waals surface area contributed by atoms with Crippen molar-refractivity contribution in [3.05, 3.63) is 30.6 Å². The number of hydrogen-bond donors (Lipinski definition) is 2. The van der Waals surface area contributed by atoms with Crippen LogP contribution in [0.5, 0.6) is 0 Å². The number of hydrogen-bond acceptors (Lipinski definition) is 2. The van der Waals surface area contributed by atoms with Crippen molar-refractivity contribution in [3.8, 4) is 0 Å². The van der Waals surface area contributed by atoms with E-state index in [9.17, 15) is 0 Å². The molecule has 0 aromatic carbocycles. The first-order valence-electron chi connectivity index (χ1n) is 6.36. The van der Waals surface area contributed by atoms with Crippen molar-refractivity contribution in [2.75, 3.05) is 20.1 Å². The van der Waals surface area contributed by atoms with Crippen LogP contribution in [0.2, 0.25) is 0 Å². The Kier molecular flexibility index (Phi) is 10.2. The average Bonchev–Trinajstić information content (AvgIpc) is 2.87. The van der Waals surface area contributed by atoms with Gasteiger partial charge >= 0.3 is 0 Å². The minimum absolute atomic E-state index is 0. The van der Waals surface area contributed by atoms with Crippen molar-refractivity contribution in [2.45, 2.75) is 26.3 Å². The van der Waals surface area contributed by atoms with Gasteiger partial charge in [-0.1, -0.05) is 6.08 Å². The zero-order chi connectivity index (χ0) is 13.2. The Morgan fingerprint density at radius 2 is 2.42 bits per heavy atom. The van der Waals surface area contributed by atoms with Crippen LogP contribution in [-0.4, -0.2) is 41.2 Å². The first kappa shape index (κ1) is 17.9. The summed E-state index contributed by atoms with van der Waals surface area (Å²) < 4.78 is 0. The first-order valence-corrected chi connectivity index (χ1v) is 6.36. The summed E-state index contributed by atoms with van der Waals surface area (Å²) in [4.78, 5) is 6.71. The van der Waals surface area contributed by atoms with Crippen LogP contribution in [0.25, 0.3) is 0 Å². The molecule has 0 unspecified atom stereocenters. The lowest BCUT2D eigenvalue weighted by atomic mass is 10.3. The molecular formula is C13H24IN5. The zero-order valence-corrected chi connectivity index (χ0v) is 14.1. The number of rotatable bonds is 7. The topological polar surface area (TPSA) is 56.3 Å². The van der Waals surface area contributed by atoms with Crippen LogP contribution in [0.4, 0.5) is 0 Å². The molecule has 5 nitrogen and oxygen atoms in total.